The third kappa shape index (κ3) is 7.81. The first-order valence-electron chi connectivity index (χ1n) is 13.2. The molecule has 1 aliphatic rings. The largest absolute Gasteiger partial charge is 0.444 e. The zero-order valence-electron chi connectivity index (χ0n) is 23.8. The van der Waals surface area contributed by atoms with Crippen LogP contribution in [0.15, 0.2) is 42.5 Å². The zero-order valence-corrected chi connectivity index (χ0v) is 23.8. The lowest BCUT2D eigenvalue weighted by Crippen LogP contribution is -2.54. The molecular formula is C30H40N4O5. The number of ether oxygens (including phenoxy) is 1. The number of primary amides is 1. The Morgan fingerprint density at radius 3 is 2.21 bits per heavy atom. The molecule has 0 bridgehead atoms. The molecule has 1 aliphatic carbocycles. The second-order valence-electron chi connectivity index (χ2n) is 11.4. The highest BCUT2D eigenvalue weighted by Gasteiger charge is 2.48. The van der Waals surface area contributed by atoms with Crippen molar-refractivity contribution in [1.82, 2.24) is 10.2 Å². The highest BCUT2D eigenvalue weighted by atomic mass is 16.6. The maximum atomic E-state index is 14.2. The Morgan fingerprint density at radius 2 is 1.67 bits per heavy atom. The number of amides is 4. The normalized spacial score (nSPS) is 17.9. The van der Waals surface area contributed by atoms with Crippen molar-refractivity contribution in [3.63, 3.8) is 0 Å². The van der Waals surface area contributed by atoms with Gasteiger partial charge in [0.05, 0.1) is 6.42 Å². The van der Waals surface area contributed by atoms with Crippen LogP contribution in [-0.2, 0) is 19.1 Å². The summed E-state index contributed by atoms with van der Waals surface area (Å²) < 4.78 is 5.34. The molecule has 9 nitrogen and oxygen atoms in total. The molecule has 2 aromatic carbocycles. The van der Waals surface area contributed by atoms with E-state index < -0.39 is 47.9 Å². The first-order valence-corrected chi connectivity index (χ1v) is 13.2. The number of carbonyl (C=O) groups is 4. The van der Waals surface area contributed by atoms with Crippen molar-refractivity contribution < 1.29 is 23.9 Å². The molecule has 0 radical (unpaired) electrons. The maximum absolute atomic E-state index is 14.2. The fourth-order valence-corrected chi connectivity index (χ4v) is 4.49. The number of nitrogens with two attached hydrogens (primary N) is 1. The van der Waals surface area contributed by atoms with E-state index in [1.807, 2.05) is 64.1 Å². The van der Waals surface area contributed by atoms with E-state index in [-0.39, 0.29) is 12.0 Å². The van der Waals surface area contributed by atoms with E-state index in [4.69, 9.17) is 10.5 Å². The number of nitrogens with zero attached hydrogens (tertiary/aromatic N) is 1. The fourth-order valence-electron chi connectivity index (χ4n) is 4.49. The van der Waals surface area contributed by atoms with Crippen LogP contribution in [0, 0.1) is 26.7 Å². The third-order valence-corrected chi connectivity index (χ3v) is 6.85. The van der Waals surface area contributed by atoms with Crippen molar-refractivity contribution in [2.75, 3.05) is 5.32 Å². The standard InChI is InChI=1S/C30H40N4O5/c1-17-12-13-21(14-19(17)3)26(27(36)32-22-11-9-8-10-18(22)2)34(24-15-20(24)4)28(37)23(16-25(31)35)33-29(38)39-30(5,6)7/h8-14,20,23-24,26H,15-16H2,1-7H3,(H2,31,35)(H,32,36)(H,33,38). The Kier molecular flexibility index (Phi) is 9.04. The summed E-state index contributed by atoms with van der Waals surface area (Å²) in [5.41, 5.74) is 8.82. The number of carbonyl (C=O) groups excluding carboxylic acids is 4. The Labute approximate surface area is 230 Å². The summed E-state index contributed by atoms with van der Waals surface area (Å²) in [6, 6.07) is 10.5. The van der Waals surface area contributed by atoms with Gasteiger partial charge in [-0.05, 0) is 82.2 Å². The number of rotatable bonds is 9. The van der Waals surface area contributed by atoms with Gasteiger partial charge >= 0.3 is 6.09 Å². The monoisotopic (exact) mass is 536 g/mol. The molecule has 0 saturated heterocycles. The van der Waals surface area contributed by atoms with Gasteiger partial charge in [-0.25, -0.2) is 4.79 Å². The van der Waals surface area contributed by atoms with Gasteiger partial charge in [0.15, 0.2) is 0 Å². The summed E-state index contributed by atoms with van der Waals surface area (Å²) in [7, 11) is 0. The first-order chi connectivity index (χ1) is 18.2. The molecule has 4 atom stereocenters. The van der Waals surface area contributed by atoms with Gasteiger partial charge in [-0.1, -0.05) is 43.3 Å². The van der Waals surface area contributed by atoms with E-state index in [2.05, 4.69) is 10.6 Å². The van der Waals surface area contributed by atoms with Crippen LogP contribution in [0.5, 0.6) is 0 Å². The Morgan fingerprint density at radius 1 is 1.03 bits per heavy atom. The minimum absolute atomic E-state index is 0.130. The molecule has 1 fully saturated rings. The molecule has 4 N–H and O–H groups in total. The van der Waals surface area contributed by atoms with Crippen LogP contribution in [0.2, 0.25) is 0 Å². The van der Waals surface area contributed by atoms with Crippen LogP contribution in [0.1, 0.15) is 68.8 Å². The molecule has 39 heavy (non-hydrogen) atoms. The van der Waals surface area contributed by atoms with Gasteiger partial charge in [-0.2, -0.15) is 0 Å². The van der Waals surface area contributed by atoms with E-state index >= 15 is 0 Å². The zero-order chi connectivity index (χ0) is 29.1. The van der Waals surface area contributed by atoms with Gasteiger partial charge in [0.1, 0.15) is 17.7 Å². The lowest BCUT2D eigenvalue weighted by atomic mass is 9.97. The van der Waals surface area contributed by atoms with Crippen molar-refractivity contribution in [2.45, 2.75) is 85.0 Å². The number of alkyl carbamates (subject to hydrolysis) is 1. The van der Waals surface area contributed by atoms with Crippen LogP contribution in [0.25, 0.3) is 0 Å². The molecule has 0 aromatic heterocycles. The van der Waals surface area contributed by atoms with Gasteiger partial charge < -0.3 is 26.0 Å². The molecule has 1 saturated carbocycles. The Bertz CT molecular complexity index is 1250. The Hall–Kier alpha value is -3.88. The van der Waals surface area contributed by atoms with Gasteiger partial charge in [-0.3, -0.25) is 14.4 Å². The summed E-state index contributed by atoms with van der Waals surface area (Å²) >= 11 is 0. The predicted octanol–water partition coefficient (Wildman–Crippen LogP) is 4.30. The SMILES string of the molecule is Cc1ccc(C(C(=O)Nc2ccccc2C)N(C(=O)C(CC(N)=O)NC(=O)OC(C)(C)C)C2CC2C)cc1C. The number of hydrogen-bond acceptors (Lipinski definition) is 5. The van der Waals surface area contributed by atoms with Crippen LogP contribution in [0.4, 0.5) is 10.5 Å². The highest BCUT2D eigenvalue weighted by molar-refractivity contribution is 6.00. The Balaban J connectivity index is 2.06. The van der Waals surface area contributed by atoms with Crippen molar-refractivity contribution in [2.24, 2.45) is 11.7 Å². The van der Waals surface area contributed by atoms with Gasteiger partial charge in [0, 0.05) is 11.7 Å². The van der Waals surface area contributed by atoms with E-state index in [1.54, 1.807) is 26.8 Å². The van der Waals surface area contributed by atoms with Crippen LogP contribution < -0.4 is 16.4 Å². The molecule has 0 spiro atoms. The number of aryl methyl sites for hydroxylation is 3. The number of hydrogen-bond donors (Lipinski definition) is 3. The fraction of sp³-hybridized carbons (Fsp3) is 0.467. The number of anilines is 1. The molecule has 2 aromatic rings. The van der Waals surface area contributed by atoms with Crippen molar-refractivity contribution in [3.8, 4) is 0 Å². The molecule has 210 valence electrons. The van der Waals surface area contributed by atoms with Crippen LogP contribution in [0.3, 0.4) is 0 Å². The van der Waals surface area contributed by atoms with Crippen molar-refractivity contribution in [1.29, 1.82) is 0 Å². The average Bonchev–Trinajstić information content (AvgIpc) is 3.54. The smallest absolute Gasteiger partial charge is 0.408 e. The van der Waals surface area contributed by atoms with Crippen molar-refractivity contribution in [3.05, 3.63) is 64.7 Å². The summed E-state index contributed by atoms with van der Waals surface area (Å²) in [6.07, 6.45) is -0.604. The summed E-state index contributed by atoms with van der Waals surface area (Å²) in [5.74, 6) is -1.60. The van der Waals surface area contributed by atoms with E-state index in [9.17, 15) is 19.2 Å². The average molecular weight is 537 g/mol. The number of benzene rings is 2. The second-order valence-corrected chi connectivity index (χ2v) is 11.4. The molecular weight excluding hydrogens is 496 g/mol. The minimum atomic E-state index is -1.30. The van der Waals surface area contributed by atoms with E-state index in [1.165, 1.54) is 4.90 Å². The summed E-state index contributed by atoms with van der Waals surface area (Å²) in [5, 5.41) is 5.51. The molecule has 0 heterocycles. The summed E-state index contributed by atoms with van der Waals surface area (Å²) in [6.45, 7) is 12.9. The second kappa shape index (κ2) is 11.9. The quantitative estimate of drug-likeness (QED) is 0.440. The van der Waals surface area contributed by atoms with Crippen molar-refractivity contribution >= 4 is 29.5 Å². The highest BCUT2D eigenvalue weighted by Crippen LogP contribution is 2.41. The van der Waals surface area contributed by atoms with Gasteiger partial charge in [0.2, 0.25) is 11.8 Å². The summed E-state index contributed by atoms with van der Waals surface area (Å²) in [4.78, 5) is 54.3. The van der Waals surface area contributed by atoms with E-state index in [0.717, 1.165) is 16.7 Å². The first kappa shape index (κ1) is 29.7. The molecule has 0 aliphatic heterocycles. The maximum Gasteiger partial charge on any atom is 0.408 e. The van der Waals surface area contributed by atoms with Crippen LogP contribution >= 0.6 is 0 Å². The minimum Gasteiger partial charge on any atom is -0.444 e. The van der Waals surface area contributed by atoms with Gasteiger partial charge in [-0.15, -0.1) is 0 Å². The molecule has 9 heteroatoms. The van der Waals surface area contributed by atoms with Crippen LogP contribution in [-0.4, -0.2) is 46.4 Å². The molecule has 4 unspecified atom stereocenters. The topological polar surface area (TPSA) is 131 Å². The molecule has 3 rings (SSSR count). The lowest BCUT2D eigenvalue weighted by molar-refractivity contribution is -0.142. The predicted molar refractivity (Wildman–Crippen MR) is 150 cm³/mol. The van der Waals surface area contributed by atoms with Gasteiger partial charge in [0.25, 0.3) is 5.91 Å². The lowest BCUT2D eigenvalue weighted by Gasteiger charge is -2.35. The van der Waals surface area contributed by atoms with E-state index in [0.29, 0.717) is 17.7 Å². The number of para-hydroxylation sites is 1. The number of nitrogens with one attached hydrogen (secondary N) is 2. The third-order valence-electron chi connectivity index (χ3n) is 6.85. The molecule has 4 amide bonds.